The molecule has 0 amide bonds. The number of rotatable bonds is 4. The molecule has 3 heteroatoms. The first-order chi connectivity index (χ1) is 7.00. The van der Waals surface area contributed by atoms with Crippen molar-refractivity contribution in [3.05, 3.63) is 34.3 Å². The lowest BCUT2D eigenvalue weighted by molar-refractivity contribution is -0.130. The Kier molecular flexibility index (Phi) is 4.21. The van der Waals surface area contributed by atoms with Gasteiger partial charge < -0.3 is 0 Å². The molecule has 0 atom stereocenters. The van der Waals surface area contributed by atoms with Gasteiger partial charge in [0.05, 0.1) is 5.92 Å². The molecule has 15 heavy (non-hydrogen) atoms. The number of hydrogen-bond acceptors (Lipinski definition) is 2. The van der Waals surface area contributed by atoms with E-state index in [2.05, 4.69) is 15.9 Å². The quantitative estimate of drug-likeness (QED) is 0.787. The van der Waals surface area contributed by atoms with Gasteiger partial charge in [-0.05, 0) is 38.0 Å². The predicted octanol–water partition coefficient (Wildman–Crippen LogP) is 2.79. The van der Waals surface area contributed by atoms with E-state index in [1.165, 1.54) is 13.8 Å². The molecular weight excluding hydrogens is 256 g/mol. The average Bonchev–Trinajstić information content (AvgIpc) is 2.13. The Morgan fingerprint density at radius 1 is 1.27 bits per heavy atom. The molecule has 0 aromatic heterocycles. The number of carbonyl (C=O) groups excluding carboxylic acids is 2. The van der Waals surface area contributed by atoms with Gasteiger partial charge in [-0.2, -0.15) is 0 Å². The summed E-state index contributed by atoms with van der Waals surface area (Å²) in [5.74, 6) is -0.635. The fourth-order valence-electron chi connectivity index (χ4n) is 1.47. The molecule has 0 fully saturated rings. The normalized spacial score (nSPS) is 10.4. The first-order valence-electron chi connectivity index (χ1n) is 4.76. The Morgan fingerprint density at radius 2 is 1.87 bits per heavy atom. The van der Waals surface area contributed by atoms with E-state index in [9.17, 15) is 9.59 Å². The molecule has 0 radical (unpaired) electrons. The second-order valence-electron chi connectivity index (χ2n) is 3.61. The second-order valence-corrected chi connectivity index (χ2v) is 4.52. The monoisotopic (exact) mass is 268 g/mol. The minimum atomic E-state index is -0.501. The Morgan fingerprint density at radius 3 is 2.33 bits per heavy atom. The molecule has 0 heterocycles. The number of carbonyl (C=O) groups is 2. The summed E-state index contributed by atoms with van der Waals surface area (Å²) in [6.45, 7) is 2.92. The molecule has 0 N–H and O–H groups in total. The van der Waals surface area contributed by atoms with Gasteiger partial charge in [0, 0.05) is 4.47 Å². The van der Waals surface area contributed by atoms with E-state index in [4.69, 9.17) is 0 Å². The summed E-state index contributed by atoms with van der Waals surface area (Å²) in [7, 11) is 0. The minimum absolute atomic E-state index is 0.0672. The summed E-state index contributed by atoms with van der Waals surface area (Å²) in [4.78, 5) is 22.5. The molecule has 0 saturated heterocycles. The van der Waals surface area contributed by atoms with Gasteiger partial charge in [0.1, 0.15) is 11.6 Å². The topological polar surface area (TPSA) is 34.1 Å². The van der Waals surface area contributed by atoms with Crippen LogP contribution in [0, 0.1) is 5.92 Å². The van der Waals surface area contributed by atoms with Gasteiger partial charge in [0.2, 0.25) is 0 Å². The number of ketones is 2. The van der Waals surface area contributed by atoms with Crippen LogP contribution < -0.4 is 0 Å². The van der Waals surface area contributed by atoms with Crippen molar-refractivity contribution in [2.24, 2.45) is 5.92 Å². The van der Waals surface area contributed by atoms with Crippen molar-refractivity contribution in [1.82, 2.24) is 0 Å². The van der Waals surface area contributed by atoms with E-state index in [1.54, 1.807) is 0 Å². The number of Topliss-reactive ketones (excluding diaryl/α,β-unsaturated/α-hetero) is 2. The summed E-state index contributed by atoms with van der Waals surface area (Å²) in [5.41, 5.74) is 1.000. The van der Waals surface area contributed by atoms with E-state index < -0.39 is 5.92 Å². The second kappa shape index (κ2) is 5.21. The summed E-state index contributed by atoms with van der Waals surface area (Å²) >= 11 is 3.36. The summed E-state index contributed by atoms with van der Waals surface area (Å²) < 4.78 is 0.964. The highest BCUT2D eigenvalue weighted by atomic mass is 79.9. The average molecular weight is 269 g/mol. The third-order valence-electron chi connectivity index (χ3n) is 2.31. The van der Waals surface area contributed by atoms with Gasteiger partial charge >= 0.3 is 0 Å². The van der Waals surface area contributed by atoms with Crippen LogP contribution in [0.3, 0.4) is 0 Å². The van der Waals surface area contributed by atoms with Crippen molar-refractivity contribution in [2.75, 3.05) is 0 Å². The van der Waals surface area contributed by atoms with Crippen LogP contribution in [-0.2, 0) is 16.0 Å². The molecule has 1 aromatic rings. The van der Waals surface area contributed by atoms with Gasteiger partial charge in [-0.25, -0.2) is 0 Å². The zero-order valence-electron chi connectivity index (χ0n) is 8.79. The van der Waals surface area contributed by atoms with E-state index in [0.29, 0.717) is 6.42 Å². The highest BCUT2D eigenvalue weighted by Crippen LogP contribution is 2.16. The van der Waals surface area contributed by atoms with Crippen LogP contribution >= 0.6 is 15.9 Å². The lowest BCUT2D eigenvalue weighted by atomic mass is 9.93. The molecule has 0 bridgehead atoms. The van der Waals surface area contributed by atoms with Gasteiger partial charge in [0.25, 0.3) is 0 Å². The molecule has 0 spiro atoms. The van der Waals surface area contributed by atoms with Crippen molar-refractivity contribution < 1.29 is 9.59 Å². The van der Waals surface area contributed by atoms with Crippen molar-refractivity contribution >= 4 is 27.5 Å². The van der Waals surface area contributed by atoms with Crippen LogP contribution in [0.4, 0.5) is 0 Å². The Labute approximate surface area is 97.8 Å². The first kappa shape index (κ1) is 12.1. The van der Waals surface area contributed by atoms with Crippen LogP contribution in [0.5, 0.6) is 0 Å². The predicted molar refractivity (Wildman–Crippen MR) is 62.7 cm³/mol. The summed E-state index contributed by atoms with van der Waals surface area (Å²) in [5, 5.41) is 0. The summed E-state index contributed by atoms with van der Waals surface area (Å²) in [6, 6.07) is 7.67. The first-order valence-corrected chi connectivity index (χ1v) is 5.55. The lowest BCUT2D eigenvalue weighted by Crippen LogP contribution is -2.21. The zero-order valence-corrected chi connectivity index (χ0v) is 10.4. The van der Waals surface area contributed by atoms with Crippen molar-refractivity contribution in [2.45, 2.75) is 20.3 Å². The third-order valence-corrected chi connectivity index (χ3v) is 2.80. The molecule has 80 valence electrons. The number of hydrogen-bond donors (Lipinski definition) is 0. The number of halogens is 1. The van der Waals surface area contributed by atoms with Crippen LogP contribution in [0.15, 0.2) is 28.7 Å². The smallest absolute Gasteiger partial charge is 0.140 e. The fraction of sp³-hybridized carbons (Fsp3) is 0.333. The van der Waals surface area contributed by atoms with Crippen molar-refractivity contribution in [1.29, 1.82) is 0 Å². The Bertz CT molecular complexity index is 371. The van der Waals surface area contributed by atoms with Crippen molar-refractivity contribution in [3.8, 4) is 0 Å². The number of benzene rings is 1. The molecule has 0 unspecified atom stereocenters. The maximum atomic E-state index is 11.2. The maximum Gasteiger partial charge on any atom is 0.140 e. The largest absolute Gasteiger partial charge is 0.299 e. The van der Waals surface area contributed by atoms with E-state index >= 15 is 0 Å². The maximum absolute atomic E-state index is 11.2. The van der Waals surface area contributed by atoms with E-state index in [0.717, 1.165) is 10.0 Å². The standard InChI is InChI=1S/C12H13BrO2/c1-8(14)12(9(2)15)7-10-4-3-5-11(13)6-10/h3-6,12H,7H2,1-2H3. The Hall–Kier alpha value is -0.960. The Balaban J connectivity index is 2.83. The van der Waals surface area contributed by atoms with Crippen LogP contribution in [0.2, 0.25) is 0 Å². The van der Waals surface area contributed by atoms with Gasteiger partial charge in [-0.15, -0.1) is 0 Å². The van der Waals surface area contributed by atoms with Crippen LogP contribution in [0.25, 0.3) is 0 Å². The highest BCUT2D eigenvalue weighted by Gasteiger charge is 2.19. The molecule has 1 rings (SSSR count). The minimum Gasteiger partial charge on any atom is -0.299 e. The fourth-order valence-corrected chi connectivity index (χ4v) is 1.92. The molecule has 0 saturated carbocycles. The van der Waals surface area contributed by atoms with E-state index in [1.807, 2.05) is 24.3 Å². The van der Waals surface area contributed by atoms with Gasteiger partial charge in [-0.1, -0.05) is 28.1 Å². The molecule has 2 nitrogen and oxygen atoms in total. The van der Waals surface area contributed by atoms with Crippen LogP contribution in [0.1, 0.15) is 19.4 Å². The van der Waals surface area contributed by atoms with Crippen LogP contribution in [-0.4, -0.2) is 11.6 Å². The lowest BCUT2D eigenvalue weighted by Gasteiger charge is -2.10. The SMILES string of the molecule is CC(=O)C(Cc1cccc(Br)c1)C(C)=O. The van der Waals surface area contributed by atoms with Gasteiger partial charge in [-0.3, -0.25) is 9.59 Å². The van der Waals surface area contributed by atoms with Gasteiger partial charge in [0.15, 0.2) is 0 Å². The highest BCUT2D eigenvalue weighted by molar-refractivity contribution is 9.10. The molecule has 1 aromatic carbocycles. The zero-order chi connectivity index (χ0) is 11.4. The molecule has 0 aliphatic carbocycles. The molecule has 0 aliphatic heterocycles. The van der Waals surface area contributed by atoms with Crippen molar-refractivity contribution in [3.63, 3.8) is 0 Å². The molecular formula is C12H13BrO2. The third kappa shape index (κ3) is 3.59. The summed E-state index contributed by atoms with van der Waals surface area (Å²) in [6.07, 6.45) is 0.490. The van der Waals surface area contributed by atoms with E-state index in [-0.39, 0.29) is 11.6 Å². The molecule has 0 aliphatic rings.